The molecule has 19 heavy (non-hydrogen) atoms. The van der Waals surface area contributed by atoms with Crippen molar-refractivity contribution in [2.45, 2.75) is 31.3 Å². The maximum Gasteiger partial charge on any atom is 0.243 e. The first-order valence-electron chi connectivity index (χ1n) is 5.95. The van der Waals surface area contributed by atoms with Crippen LogP contribution in [0.25, 0.3) is 0 Å². The number of halogens is 1. The summed E-state index contributed by atoms with van der Waals surface area (Å²) in [6.45, 7) is 3.58. The number of rotatable bonds is 6. The van der Waals surface area contributed by atoms with Gasteiger partial charge in [-0.25, -0.2) is 8.42 Å². The van der Waals surface area contributed by atoms with Gasteiger partial charge in [-0.2, -0.15) is 4.31 Å². The van der Waals surface area contributed by atoms with Gasteiger partial charge in [-0.3, -0.25) is 0 Å². The van der Waals surface area contributed by atoms with Gasteiger partial charge in [-0.05, 0) is 31.5 Å². The first-order chi connectivity index (χ1) is 8.84. The molecule has 0 radical (unpaired) electrons. The van der Waals surface area contributed by atoms with E-state index in [0.717, 1.165) is 0 Å². The molecule has 7 heteroatoms. The lowest BCUT2D eigenvalue weighted by molar-refractivity contribution is 0.236. The number of benzene rings is 1. The van der Waals surface area contributed by atoms with E-state index in [1.54, 1.807) is 19.9 Å². The van der Waals surface area contributed by atoms with Gasteiger partial charge in [0.1, 0.15) is 0 Å². The molecule has 1 aromatic carbocycles. The second kappa shape index (κ2) is 6.67. The van der Waals surface area contributed by atoms with Crippen LogP contribution in [0.15, 0.2) is 23.1 Å². The molecule has 0 spiro atoms. The van der Waals surface area contributed by atoms with E-state index in [1.807, 2.05) is 0 Å². The molecule has 0 fully saturated rings. The third-order valence-electron chi connectivity index (χ3n) is 2.75. The minimum absolute atomic E-state index is 0.0518. The molecule has 5 nitrogen and oxygen atoms in total. The van der Waals surface area contributed by atoms with E-state index in [2.05, 4.69) is 0 Å². The highest BCUT2D eigenvalue weighted by Gasteiger charge is 2.26. The van der Waals surface area contributed by atoms with Crippen LogP contribution in [-0.4, -0.2) is 37.0 Å². The van der Waals surface area contributed by atoms with Crippen LogP contribution >= 0.6 is 11.6 Å². The van der Waals surface area contributed by atoms with E-state index >= 15 is 0 Å². The Morgan fingerprint density at radius 1 is 1.42 bits per heavy atom. The smallest absolute Gasteiger partial charge is 0.243 e. The van der Waals surface area contributed by atoms with Crippen molar-refractivity contribution in [1.29, 1.82) is 0 Å². The van der Waals surface area contributed by atoms with Gasteiger partial charge in [0.25, 0.3) is 0 Å². The summed E-state index contributed by atoms with van der Waals surface area (Å²) in [5, 5.41) is 9.31. The van der Waals surface area contributed by atoms with Gasteiger partial charge in [0.05, 0.1) is 11.5 Å². The Balaban J connectivity index is 3.22. The van der Waals surface area contributed by atoms with Crippen LogP contribution in [-0.2, 0) is 16.6 Å². The number of sulfonamides is 1. The third kappa shape index (κ3) is 3.67. The molecule has 1 rings (SSSR count). The highest BCUT2D eigenvalue weighted by atomic mass is 35.5. The lowest BCUT2D eigenvalue weighted by Gasteiger charge is -2.25. The Morgan fingerprint density at radius 3 is 2.47 bits per heavy atom. The number of hydrogen-bond acceptors (Lipinski definition) is 4. The molecular weight excluding hydrogens is 288 g/mol. The van der Waals surface area contributed by atoms with E-state index in [-0.39, 0.29) is 30.6 Å². The largest absolute Gasteiger partial charge is 0.395 e. The topological polar surface area (TPSA) is 83.6 Å². The molecular formula is C12H19ClN2O3S. The van der Waals surface area contributed by atoms with Crippen LogP contribution in [0.5, 0.6) is 0 Å². The quantitative estimate of drug-likeness (QED) is 0.827. The van der Waals surface area contributed by atoms with Gasteiger partial charge in [-0.15, -0.1) is 0 Å². The molecule has 0 saturated heterocycles. The summed E-state index contributed by atoms with van der Waals surface area (Å²) in [5.74, 6) is 0. The van der Waals surface area contributed by atoms with Gasteiger partial charge in [0, 0.05) is 24.2 Å². The van der Waals surface area contributed by atoms with Crippen molar-refractivity contribution in [3.05, 3.63) is 28.8 Å². The number of aliphatic hydroxyl groups excluding tert-OH is 1. The molecule has 0 aliphatic rings. The number of nitrogens with zero attached hydrogens (tertiary/aromatic N) is 1. The van der Waals surface area contributed by atoms with Crippen LogP contribution in [0.1, 0.15) is 19.4 Å². The third-order valence-corrected chi connectivity index (χ3v) is 5.17. The van der Waals surface area contributed by atoms with Crippen LogP contribution in [0.3, 0.4) is 0 Å². The maximum absolute atomic E-state index is 12.4. The molecule has 0 aromatic heterocycles. The Kier molecular flexibility index (Phi) is 5.76. The Morgan fingerprint density at radius 2 is 2.05 bits per heavy atom. The van der Waals surface area contributed by atoms with Crippen molar-refractivity contribution >= 4 is 21.6 Å². The van der Waals surface area contributed by atoms with Gasteiger partial charge in [-0.1, -0.05) is 17.7 Å². The summed E-state index contributed by atoms with van der Waals surface area (Å²) < 4.78 is 26.1. The van der Waals surface area contributed by atoms with E-state index in [9.17, 15) is 8.42 Å². The standard InChI is InChI=1S/C12H19ClN2O3S/c1-9(2)15(5-6-16)19(17,18)11-4-3-10(8-14)12(13)7-11/h3-4,7,9,16H,5-6,8,14H2,1-2H3. The van der Waals surface area contributed by atoms with Crippen molar-refractivity contribution in [1.82, 2.24) is 4.31 Å². The molecule has 0 aliphatic heterocycles. The minimum Gasteiger partial charge on any atom is -0.395 e. The first-order valence-corrected chi connectivity index (χ1v) is 7.77. The Hall–Kier alpha value is -0.660. The summed E-state index contributed by atoms with van der Waals surface area (Å²) in [6.07, 6.45) is 0. The number of hydrogen-bond donors (Lipinski definition) is 2. The summed E-state index contributed by atoms with van der Waals surface area (Å²) in [5.41, 5.74) is 6.18. The van der Waals surface area contributed by atoms with E-state index in [0.29, 0.717) is 10.6 Å². The van der Waals surface area contributed by atoms with Crippen molar-refractivity contribution < 1.29 is 13.5 Å². The second-order valence-corrected chi connectivity index (χ2v) is 6.69. The van der Waals surface area contributed by atoms with Gasteiger partial charge in [0.2, 0.25) is 10.0 Å². The fraction of sp³-hybridized carbons (Fsp3) is 0.500. The average molecular weight is 307 g/mol. The molecule has 0 aliphatic carbocycles. The van der Waals surface area contributed by atoms with E-state index < -0.39 is 10.0 Å². The fourth-order valence-corrected chi connectivity index (χ4v) is 3.72. The van der Waals surface area contributed by atoms with Crippen LogP contribution < -0.4 is 5.73 Å². The van der Waals surface area contributed by atoms with E-state index in [1.165, 1.54) is 16.4 Å². The Bertz CT molecular complexity index is 532. The zero-order chi connectivity index (χ0) is 14.6. The fourth-order valence-electron chi connectivity index (χ4n) is 1.74. The second-order valence-electron chi connectivity index (χ2n) is 4.39. The Labute approximate surface area is 119 Å². The maximum atomic E-state index is 12.4. The van der Waals surface area contributed by atoms with Crippen molar-refractivity contribution in [3.63, 3.8) is 0 Å². The minimum atomic E-state index is -3.66. The molecule has 0 atom stereocenters. The lowest BCUT2D eigenvalue weighted by atomic mass is 10.2. The van der Waals surface area contributed by atoms with Crippen LogP contribution in [0.2, 0.25) is 5.02 Å². The molecule has 0 bridgehead atoms. The zero-order valence-corrected chi connectivity index (χ0v) is 12.6. The van der Waals surface area contributed by atoms with Gasteiger partial charge < -0.3 is 10.8 Å². The average Bonchev–Trinajstić information content (AvgIpc) is 2.35. The summed E-state index contributed by atoms with van der Waals surface area (Å²) >= 11 is 5.98. The predicted molar refractivity (Wildman–Crippen MR) is 75.5 cm³/mol. The molecule has 108 valence electrons. The number of aliphatic hydroxyl groups is 1. The zero-order valence-electron chi connectivity index (χ0n) is 11.0. The van der Waals surface area contributed by atoms with Crippen molar-refractivity contribution in [2.24, 2.45) is 5.73 Å². The predicted octanol–water partition coefficient (Wildman–Crippen LogP) is 1.19. The van der Waals surface area contributed by atoms with Crippen molar-refractivity contribution in [2.75, 3.05) is 13.2 Å². The normalized spacial score (nSPS) is 12.4. The molecule has 3 N–H and O–H groups in total. The summed E-state index contributed by atoms with van der Waals surface area (Å²) in [7, 11) is -3.66. The molecule has 0 heterocycles. The lowest BCUT2D eigenvalue weighted by Crippen LogP contribution is -2.38. The molecule has 1 aromatic rings. The van der Waals surface area contributed by atoms with Crippen molar-refractivity contribution in [3.8, 4) is 0 Å². The SMILES string of the molecule is CC(C)N(CCO)S(=O)(=O)c1ccc(CN)c(Cl)c1. The van der Waals surface area contributed by atoms with Crippen LogP contribution in [0.4, 0.5) is 0 Å². The monoisotopic (exact) mass is 306 g/mol. The van der Waals surface area contributed by atoms with Crippen LogP contribution in [0, 0.1) is 0 Å². The van der Waals surface area contributed by atoms with E-state index in [4.69, 9.17) is 22.4 Å². The molecule has 0 amide bonds. The molecule has 0 unspecified atom stereocenters. The molecule has 0 saturated carbocycles. The highest BCUT2D eigenvalue weighted by Crippen LogP contribution is 2.24. The first kappa shape index (κ1) is 16.4. The number of nitrogens with two attached hydrogens (primary N) is 1. The summed E-state index contributed by atoms with van der Waals surface area (Å²) in [4.78, 5) is 0.108. The summed E-state index contributed by atoms with van der Waals surface area (Å²) in [6, 6.07) is 4.24. The highest BCUT2D eigenvalue weighted by molar-refractivity contribution is 7.89. The van der Waals surface area contributed by atoms with Gasteiger partial charge in [0.15, 0.2) is 0 Å². The van der Waals surface area contributed by atoms with Gasteiger partial charge >= 0.3 is 0 Å².